The van der Waals surface area contributed by atoms with E-state index in [1.54, 1.807) is 54.6 Å². The second kappa shape index (κ2) is 12.6. The summed E-state index contributed by atoms with van der Waals surface area (Å²) in [7, 11) is -3.76. The molecular weight excluding hydrogens is 472 g/mol. The van der Waals surface area contributed by atoms with E-state index < -0.39 is 39.8 Å². The van der Waals surface area contributed by atoms with Crippen LogP contribution in [0, 0.1) is 5.41 Å². The first-order valence-electron chi connectivity index (χ1n) is 10.9. The zero-order chi connectivity index (χ0) is 26.0. The average molecular weight is 503 g/mol. The summed E-state index contributed by atoms with van der Waals surface area (Å²) in [4.78, 5) is 37.3. The Morgan fingerprint density at radius 3 is 2.14 bits per heavy atom. The van der Waals surface area contributed by atoms with Gasteiger partial charge in [0, 0.05) is 18.5 Å². The normalized spacial score (nSPS) is 12.8. The smallest absolute Gasteiger partial charge is 0.243 e. The van der Waals surface area contributed by atoms with Crippen LogP contribution >= 0.6 is 0 Å². The molecule has 0 saturated heterocycles. The van der Waals surface area contributed by atoms with Crippen LogP contribution in [0.5, 0.6) is 0 Å². The molecule has 2 rings (SSSR count). The molecule has 3 amide bonds. The summed E-state index contributed by atoms with van der Waals surface area (Å²) in [5.41, 5.74) is 12.3. The van der Waals surface area contributed by atoms with E-state index in [4.69, 9.17) is 16.9 Å². The third-order valence-electron chi connectivity index (χ3n) is 5.12. The highest BCUT2D eigenvalue weighted by Crippen LogP contribution is 2.15. The van der Waals surface area contributed by atoms with E-state index in [0.29, 0.717) is 11.1 Å². The van der Waals surface area contributed by atoms with Crippen molar-refractivity contribution in [2.45, 2.75) is 38.4 Å². The van der Waals surface area contributed by atoms with E-state index in [2.05, 4.69) is 15.4 Å². The van der Waals surface area contributed by atoms with E-state index in [-0.39, 0.29) is 31.0 Å². The van der Waals surface area contributed by atoms with E-state index in [9.17, 15) is 22.8 Å². The molecule has 12 heteroatoms. The second-order valence-corrected chi connectivity index (χ2v) is 9.80. The van der Waals surface area contributed by atoms with Crippen molar-refractivity contribution < 1.29 is 22.8 Å². The number of amidine groups is 1. The third-order valence-corrected chi connectivity index (χ3v) is 6.47. The molecule has 0 aliphatic carbocycles. The number of benzene rings is 2. The summed E-state index contributed by atoms with van der Waals surface area (Å²) in [5.74, 6) is -2.29. The first-order valence-corrected chi connectivity index (χ1v) is 12.5. The first kappa shape index (κ1) is 27.5. The Morgan fingerprint density at radius 1 is 0.971 bits per heavy atom. The lowest BCUT2D eigenvalue weighted by Crippen LogP contribution is -2.50. The molecule has 35 heavy (non-hydrogen) atoms. The van der Waals surface area contributed by atoms with E-state index in [1.807, 2.05) is 0 Å². The quantitative estimate of drug-likeness (QED) is 0.165. The molecule has 2 aromatic carbocycles. The molecule has 2 aromatic rings. The molecule has 0 aromatic heterocycles. The lowest BCUT2D eigenvalue weighted by atomic mass is 10.1. The van der Waals surface area contributed by atoms with Crippen molar-refractivity contribution in [1.29, 1.82) is 5.41 Å². The zero-order valence-electron chi connectivity index (χ0n) is 19.3. The van der Waals surface area contributed by atoms with Crippen LogP contribution in [0.2, 0.25) is 0 Å². The third kappa shape index (κ3) is 8.83. The van der Waals surface area contributed by atoms with Gasteiger partial charge in [-0.05, 0) is 24.5 Å². The number of nitrogen functional groups attached to an aromatic ring is 1. The van der Waals surface area contributed by atoms with Gasteiger partial charge in [-0.15, -0.1) is 0 Å². The van der Waals surface area contributed by atoms with Gasteiger partial charge in [0.2, 0.25) is 27.7 Å². The van der Waals surface area contributed by atoms with Gasteiger partial charge in [-0.3, -0.25) is 19.8 Å². The fourth-order valence-corrected chi connectivity index (χ4v) is 3.88. The predicted octanol–water partition coefficient (Wildman–Crippen LogP) is 0.0178. The zero-order valence-corrected chi connectivity index (χ0v) is 20.1. The van der Waals surface area contributed by atoms with Crippen molar-refractivity contribution in [2.24, 2.45) is 11.5 Å². The Balaban J connectivity index is 2.18. The molecule has 11 nitrogen and oxygen atoms in total. The highest BCUT2D eigenvalue weighted by molar-refractivity contribution is 7.89. The van der Waals surface area contributed by atoms with Crippen LogP contribution in [0.4, 0.5) is 0 Å². The molecule has 0 fully saturated rings. The number of carbonyl (C=O) groups is 3. The van der Waals surface area contributed by atoms with Gasteiger partial charge in [-0.1, -0.05) is 54.6 Å². The molecule has 2 atom stereocenters. The Bertz CT molecular complexity index is 1150. The molecule has 0 aliphatic heterocycles. The minimum absolute atomic E-state index is 0.0712. The van der Waals surface area contributed by atoms with Crippen LogP contribution in [0.3, 0.4) is 0 Å². The van der Waals surface area contributed by atoms with Gasteiger partial charge in [0.15, 0.2) is 0 Å². The van der Waals surface area contributed by atoms with Gasteiger partial charge in [-0.25, -0.2) is 8.42 Å². The molecule has 2 unspecified atom stereocenters. The van der Waals surface area contributed by atoms with Gasteiger partial charge >= 0.3 is 0 Å². The van der Waals surface area contributed by atoms with E-state index >= 15 is 0 Å². The average Bonchev–Trinajstić information content (AvgIpc) is 2.84. The Morgan fingerprint density at radius 2 is 1.60 bits per heavy atom. The Hall–Kier alpha value is -3.77. The van der Waals surface area contributed by atoms with Crippen molar-refractivity contribution in [3.8, 4) is 0 Å². The molecular formula is C23H30N6O5S. The van der Waals surface area contributed by atoms with Crippen LogP contribution in [-0.4, -0.2) is 43.8 Å². The summed E-state index contributed by atoms with van der Waals surface area (Å²) in [6.45, 7) is 1.55. The number of rotatable bonds is 13. The Labute approximate surface area is 204 Å². The van der Waals surface area contributed by atoms with Crippen molar-refractivity contribution >= 4 is 33.6 Å². The number of amides is 3. The van der Waals surface area contributed by atoms with Crippen LogP contribution < -0.4 is 26.8 Å². The first-order chi connectivity index (χ1) is 16.5. The van der Waals surface area contributed by atoms with Crippen molar-refractivity contribution in [2.75, 3.05) is 5.75 Å². The summed E-state index contributed by atoms with van der Waals surface area (Å²) in [6, 6.07) is 12.5. The van der Waals surface area contributed by atoms with E-state index in [1.165, 1.54) is 6.92 Å². The van der Waals surface area contributed by atoms with Gasteiger partial charge in [-0.2, -0.15) is 4.72 Å². The minimum Gasteiger partial charge on any atom is -0.384 e. The number of sulfonamides is 1. The number of carbonyl (C=O) groups excluding carboxylic acids is 3. The topological polar surface area (TPSA) is 197 Å². The lowest BCUT2D eigenvalue weighted by Gasteiger charge is -2.23. The summed E-state index contributed by atoms with van der Waals surface area (Å²) in [6.07, 6.45) is -0.236. The molecule has 0 bridgehead atoms. The SMILES string of the molecule is CCS(=O)(=O)NC(C(=O)NC(CCC(N)=O)C(=O)NCc1ccc(C(=N)N)cc1)c1ccccc1. The van der Waals surface area contributed by atoms with Crippen molar-refractivity contribution in [3.05, 3.63) is 71.3 Å². The van der Waals surface area contributed by atoms with Crippen LogP contribution in [-0.2, 0) is 31.0 Å². The summed E-state index contributed by atoms with van der Waals surface area (Å²) < 4.78 is 26.7. The molecule has 0 aliphatic rings. The van der Waals surface area contributed by atoms with Crippen molar-refractivity contribution in [3.63, 3.8) is 0 Å². The molecule has 0 spiro atoms. The fraction of sp³-hybridized carbons (Fsp3) is 0.304. The molecule has 8 N–H and O–H groups in total. The molecule has 0 radical (unpaired) electrons. The highest BCUT2D eigenvalue weighted by atomic mass is 32.2. The monoisotopic (exact) mass is 502 g/mol. The predicted molar refractivity (Wildman–Crippen MR) is 131 cm³/mol. The maximum Gasteiger partial charge on any atom is 0.243 e. The largest absolute Gasteiger partial charge is 0.384 e. The summed E-state index contributed by atoms with van der Waals surface area (Å²) >= 11 is 0. The van der Waals surface area contributed by atoms with Gasteiger partial charge in [0.05, 0.1) is 5.75 Å². The summed E-state index contributed by atoms with van der Waals surface area (Å²) in [5, 5.41) is 12.7. The molecule has 0 heterocycles. The number of hydrogen-bond acceptors (Lipinski definition) is 6. The van der Waals surface area contributed by atoms with Gasteiger partial charge in [0.25, 0.3) is 0 Å². The highest BCUT2D eigenvalue weighted by Gasteiger charge is 2.29. The number of nitrogens with one attached hydrogen (secondary N) is 4. The molecule has 0 saturated carbocycles. The number of primary amides is 1. The van der Waals surface area contributed by atoms with Gasteiger partial charge in [0.1, 0.15) is 17.9 Å². The standard InChI is InChI=1S/C23H30N6O5S/c1-2-35(33,34)29-20(16-6-4-3-5-7-16)23(32)28-18(12-13-19(24)30)22(31)27-14-15-8-10-17(11-9-15)21(25)26/h3-11,18,20,29H,2,12-14H2,1H3,(H2,24,30)(H3,25,26)(H,27,31)(H,28,32). The maximum absolute atomic E-state index is 13.1. The Kier molecular flexibility index (Phi) is 9.91. The van der Waals surface area contributed by atoms with Crippen LogP contribution in [0.25, 0.3) is 0 Å². The van der Waals surface area contributed by atoms with Crippen molar-refractivity contribution in [1.82, 2.24) is 15.4 Å². The van der Waals surface area contributed by atoms with Crippen LogP contribution in [0.15, 0.2) is 54.6 Å². The van der Waals surface area contributed by atoms with E-state index in [0.717, 1.165) is 5.56 Å². The lowest BCUT2D eigenvalue weighted by molar-refractivity contribution is -0.130. The van der Waals surface area contributed by atoms with Gasteiger partial charge < -0.3 is 22.1 Å². The second-order valence-electron chi connectivity index (χ2n) is 7.76. The molecule has 188 valence electrons. The minimum atomic E-state index is -3.76. The number of nitrogens with two attached hydrogens (primary N) is 2. The number of hydrogen-bond donors (Lipinski definition) is 6. The van der Waals surface area contributed by atoms with Crippen LogP contribution in [0.1, 0.15) is 42.5 Å². The fourth-order valence-electron chi connectivity index (χ4n) is 3.11. The maximum atomic E-state index is 13.1.